The molecular weight excluding hydrogens is 332 g/mol. The van der Waals surface area contributed by atoms with E-state index >= 15 is 0 Å². The number of aromatic nitrogens is 4. The summed E-state index contributed by atoms with van der Waals surface area (Å²) in [5.74, 6) is 2.45. The summed E-state index contributed by atoms with van der Waals surface area (Å²) in [6, 6.07) is 10.6. The Morgan fingerprint density at radius 2 is 1.84 bits per heavy atom. The predicted octanol–water partition coefficient (Wildman–Crippen LogP) is 4.85. The van der Waals surface area contributed by atoms with E-state index in [1.54, 1.807) is 11.8 Å². The number of nitrogens with zero attached hydrogens (tertiary/aromatic N) is 4. The third kappa shape index (κ3) is 3.95. The fourth-order valence-electron chi connectivity index (χ4n) is 2.64. The summed E-state index contributed by atoms with van der Waals surface area (Å²) in [7, 11) is 0. The largest absolute Gasteiger partial charge is 0.361 e. The summed E-state index contributed by atoms with van der Waals surface area (Å²) >= 11 is 1.63. The van der Waals surface area contributed by atoms with Crippen LogP contribution in [0, 0.1) is 6.92 Å². The van der Waals surface area contributed by atoms with Crippen molar-refractivity contribution in [1.82, 2.24) is 19.9 Å². The van der Waals surface area contributed by atoms with Crippen LogP contribution in [0.15, 0.2) is 40.0 Å². The number of thioether (sulfide) groups is 1. The van der Waals surface area contributed by atoms with Crippen LogP contribution in [-0.4, -0.2) is 19.9 Å². The smallest absolute Gasteiger partial charge is 0.191 e. The summed E-state index contributed by atoms with van der Waals surface area (Å²) in [6.45, 7) is 11.5. The van der Waals surface area contributed by atoms with Crippen molar-refractivity contribution >= 4 is 11.8 Å². The van der Waals surface area contributed by atoms with Gasteiger partial charge in [0.05, 0.1) is 5.69 Å². The minimum absolute atomic E-state index is 0.147. The van der Waals surface area contributed by atoms with Crippen molar-refractivity contribution < 1.29 is 4.52 Å². The lowest BCUT2D eigenvalue weighted by Crippen LogP contribution is -2.10. The average Bonchev–Trinajstić information content (AvgIpc) is 3.17. The van der Waals surface area contributed by atoms with Gasteiger partial charge < -0.3 is 9.09 Å². The molecule has 0 fully saturated rings. The number of hydrogen-bond acceptors (Lipinski definition) is 5. The highest BCUT2D eigenvalue weighted by Gasteiger charge is 2.16. The van der Waals surface area contributed by atoms with Crippen LogP contribution in [0.25, 0.3) is 11.4 Å². The third-order valence-corrected chi connectivity index (χ3v) is 5.07. The van der Waals surface area contributed by atoms with Crippen molar-refractivity contribution in [3.8, 4) is 11.4 Å². The Morgan fingerprint density at radius 3 is 2.40 bits per heavy atom. The first-order chi connectivity index (χ1) is 11.9. The van der Waals surface area contributed by atoms with E-state index in [2.05, 4.69) is 71.9 Å². The Hall–Kier alpha value is -2.08. The molecule has 132 valence electrons. The van der Waals surface area contributed by atoms with E-state index in [-0.39, 0.29) is 5.41 Å². The van der Waals surface area contributed by atoms with Crippen molar-refractivity contribution in [3.63, 3.8) is 0 Å². The van der Waals surface area contributed by atoms with Crippen molar-refractivity contribution in [3.05, 3.63) is 47.3 Å². The van der Waals surface area contributed by atoms with Crippen molar-refractivity contribution in [1.29, 1.82) is 0 Å². The molecule has 0 saturated carbocycles. The summed E-state index contributed by atoms with van der Waals surface area (Å²) in [5, 5.41) is 13.7. The van der Waals surface area contributed by atoms with Crippen LogP contribution in [0.2, 0.25) is 0 Å². The number of hydrogen-bond donors (Lipinski definition) is 0. The zero-order valence-corrected chi connectivity index (χ0v) is 16.2. The lowest BCUT2D eigenvalue weighted by molar-refractivity contribution is 0.393. The molecule has 5 nitrogen and oxygen atoms in total. The van der Waals surface area contributed by atoms with Gasteiger partial charge in [0.25, 0.3) is 0 Å². The normalized spacial score (nSPS) is 11.9. The highest BCUT2D eigenvalue weighted by Crippen LogP contribution is 2.28. The number of aryl methyl sites for hydroxylation is 1. The highest BCUT2D eigenvalue weighted by atomic mass is 32.2. The third-order valence-electron chi connectivity index (χ3n) is 4.07. The maximum atomic E-state index is 5.12. The van der Waals surface area contributed by atoms with E-state index in [0.29, 0.717) is 0 Å². The molecule has 0 saturated heterocycles. The lowest BCUT2D eigenvalue weighted by atomic mass is 9.87. The Bertz CT molecular complexity index is 843. The van der Waals surface area contributed by atoms with Crippen molar-refractivity contribution in [2.75, 3.05) is 0 Å². The first-order valence-corrected chi connectivity index (χ1v) is 9.46. The fourth-order valence-corrected chi connectivity index (χ4v) is 3.52. The fraction of sp³-hybridized carbons (Fsp3) is 0.421. The Morgan fingerprint density at radius 1 is 1.12 bits per heavy atom. The Labute approximate surface area is 152 Å². The molecule has 0 spiro atoms. The molecule has 0 unspecified atom stereocenters. The molecule has 0 aliphatic carbocycles. The molecule has 0 atom stereocenters. The molecule has 0 amide bonds. The van der Waals surface area contributed by atoms with E-state index in [1.165, 1.54) is 5.56 Å². The molecule has 3 rings (SSSR count). The van der Waals surface area contributed by atoms with Crippen LogP contribution in [0.5, 0.6) is 0 Å². The van der Waals surface area contributed by atoms with Crippen LogP contribution in [-0.2, 0) is 17.7 Å². The summed E-state index contributed by atoms with van der Waals surface area (Å²) < 4.78 is 7.26. The van der Waals surface area contributed by atoms with Gasteiger partial charge in [0.1, 0.15) is 5.76 Å². The van der Waals surface area contributed by atoms with Crippen LogP contribution < -0.4 is 0 Å². The lowest BCUT2D eigenvalue weighted by Gasteiger charge is -2.19. The molecule has 2 heterocycles. The minimum Gasteiger partial charge on any atom is -0.361 e. The first kappa shape index (κ1) is 17.7. The van der Waals surface area contributed by atoms with Crippen LogP contribution in [0.1, 0.15) is 44.7 Å². The zero-order chi connectivity index (χ0) is 18.0. The molecule has 0 radical (unpaired) electrons. The first-order valence-electron chi connectivity index (χ1n) is 8.47. The number of rotatable bonds is 5. The maximum Gasteiger partial charge on any atom is 0.191 e. The molecular formula is C19H24N4OS. The summed E-state index contributed by atoms with van der Waals surface area (Å²) in [6.07, 6.45) is 0. The average molecular weight is 356 g/mol. The SMILES string of the molecule is CCn1c(SCc2cc(C)on2)nnc1-c1ccc(C(C)(C)C)cc1. The van der Waals surface area contributed by atoms with Gasteiger partial charge in [-0.25, -0.2) is 0 Å². The molecule has 0 aliphatic heterocycles. The van der Waals surface area contributed by atoms with Crippen molar-refractivity contribution in [2.45, 2.75) is 57.5 Å². The Balaban J connectivity index is 1.81. The quantitative estimate of drug-likeness (QED) is 0.612. The van der Waals surface area contributed by atoms with Crippen LogP contribution in [0.3, 0.4) is 0 Å². The maximum absolute atomic E-state index is 5.12. The molecule has 1 aromatic carbocycles. The second kappa shape index (κ2) is 7.04. The van der Waals surface area contributed by atoms with Gasteiger partial charge in [-0.05, 0) is 24.8 Å². The minimum atomic E-state index is 0.147. The van der Waals surface area contributed by atoms with Gasteiger partial charge in [-0.15, -0.1) is 10.2 Å². The number of benzene rings is 1. The highest BCUT2D eigenvalue weighted by molar-refractivity contribution is 7.98. The standard InChI is InChI=1S/C19H24N4OS/c1-6-23-17(14-7-9-15(10-8-14)19(3,4)5)20-21-18(23)25-12-16-11-13(2)24-22-16/h7-11H,6,12H2,1-5H3. The van der Waals surface area contributed by atoms with Gasteiger partial charge in [-0.1, -0.05) is 62.0 Å². The van der Waals surface area contributed by atoms with Gasteiger partial charge in [0, 0.05) is 23.9 Å². The summed E-state index contributed by atoms with van der Waals surface area (Å²) in [4.78, 5) is 0. The van der Waals surface area contributed by atoms with Crippen molar-refractivity contribution in [2.24, 2.45) is 0 Å². The van der Waals surface area contributed by atoms with Crippen LogP contribution >= 0.6 is 11.8 Å². The molecule has 0 aliphatic rings. The molecule has 25 heavy (non-hydrogen) atoms. The Kier molecular flexibility index (Phi) is 4.99. The zero-order valence-electron chi connectivity index (χ0n) is 15.4. The van der Waals surface area contributed by atoms with Gasteiger partial charge in [-0.3, -0.25) is 0 Å². The monoisotopic (exact) mass is 356 g/mol. The molecule has 0 bridgehead atoms. The molecule has 3 aromatic rings. The van der Waals surface area contributed by atoms with Gasteiger partial charge in [0.15, 0.2) is 11.0 Å². The topological polar surface area (TPSA) is 56.7 Å². The van der Waals surface area contributed by atoms with Gasteiger partial charge in [-0.2, -0.15) is 0 Å². The van der Waals surface area contributed by atoms with E-state index in [0.717, 1.165) is 40.3 Å². The molecule has 6 heteroatoms. The van der Waals surface area contributed by atoms with Gasteiger partial charge >= 0.3 is 0 Å². The molecule has 0 N–H and O–H groups in total. The van der Waals surface area contributed by atoms with Crippen LogP contribution in [0.4, 0.5) is 0 Å². The molecule has 2 aromatic heterocycles. The van der Waals surface area contributed by atoms with Gasteiger partial charge in [0.2, 0.25) is 0 Å². The van der Waals surface area contributed by atoms with E-state index < -0.39 is 0 Å². The predicted molar refractivity (Wildman–Crippen MR) is 101 cm³/mol. The summed E-state index contributed by atoms with van der Waals surface area (Å²) in [5.41, 5.74) is 3.47. The van der Waals surface area contributed by atoms with E-state index in [4.69, 9.17) is 4.52 Å². The second-order valence-corrected chi connectivity index (χ2v) is 8.04. The van der Waals surface area contributed by atoms with E-state index in [1.807, 2.05) is 13.0 Å². The second-order valence-electron chi connectivity index (χ2n) is 7.10. The van der Waals surface area contributed by atoms with E-state index in [9.17, 15) is 0 Å².